The van der Waals surface area contributed by atoms with Crippen LogP contribution in [0.3, 0.4) is 0 Å². The van der Waals surface area contributed by atoms with Gasteiger partial charge in [-0.3, -0.25) is 4.90 Å². The van der Waals surface area contributed by atoms with Crippen LogP contribution in [0.4, 0.5) is 5.82 Å². The lowest BCUT2D eigenvalue weighted by Crippen LogP contribution is -2.37. The summed E-state index contributed by atoms with van der Waals surface area (Å²) in [7, 11) is 0. The molecule has 7 heteroatoms. The lowest BCUT2D eigenvalue weighted by atomic mass is 10.3. The molecule has 0 radical (unpaired) electrons. The fraction of sp³-hybridized carbons (Fsp3) is 0.615. The third-order valence-electron chi connectivity index (χ3n) is 3.45. The summed E-state index contributed by atoms with van der Waals surface area (Å²) in [6.07, 6.45) is 2.63. The number of H-pyrrole nitrogens is 1. The van der Waals surface area contributed by atoms with Crippen molar-refractivity contribution in [2.24, 2.45) is 0 Å². The highest BCUT2D eigenvalue weighted by molar-refractivity contribution is 5.82. The van der Waals surface area contributed by atoms with Crippen molar-refractivity contribution in [1.29, 1.82) is 0 Å². The third kappa shape index (κ3) is 3.05. The predicted molar refractivity (Wildman–Crippen MR) is 76.8 cm³/mol. The number of hydrogen-bond acceptors (Lipinski definition) is 6. The monoisotopic (exact) mass is 276 g/mol. The third-order valence-corrected chi connectivity index (χ3v) is 3.45. The van der Waals surface area contributed by atoms with Gasteiger partial charge in [0.05, 0.1) is 13.2 Å². The summed E-state index contributed by atoms with van der Waals surface area (Å²) in [5, 5.41) is 3.36. The SMILES string of the molecule is Cc1nc2ncnc(NCCCN3CCOCC3)c2[nH]1. The maximum atomic E-state index is 5.34. The molecule has 2 aromatic rings. The van der Waals surface area contributed by atoms with Gasteiger partial charge in [-0.05, 0) is 19.9 Å². The van der Waals surface area contributed by atoms with Crippen molar-refractivity contribution in [2.75, 3.05) is 44.7 Å². The molecule has 0 spiro atoms. The van der Waals surface area contributed by atoms with E-state index < -0.39 is 0 Å². The van der Waals surface area contributed by atoms with Crippen LogP contribution in [0.2, 0.25) is 0 Å². The quantitative estimate of drug-likeness (QED) is 0.786. The van der Waals surface area contributed by atoms with Crippen molar-refractivity contribution in [3.05, 3.63) is 12.2 Å². The van der Waals surface area contributed by atoms with Crippen LogP contribution >= 0.6 is 0 Å². The largest absolute Gasteiger partial charge is 0.379 e. The van der Waals surface area contributed by atoms with Crippen LogP contribution in [0.1, 0.15) is 12.2 Å². The molecule has 0 aliphatic carbocycles. The van der Waals surface area contributed by atoms with E-state index in [9.17, 15) is 0 Å². The van der Waals surface area contributed by atoms with Gasteiger partial charge in [0, 0.05) is 19.6 Å². The Bertz CT molecular complexity index is 563. The summed E-state index contributed by atoms with van der Waals surface area (Å²) in [5.74, 6) is 1.69. The van der Waals surface area contributed by atoms with Crippen LogP contribution in [0, 0.1) is 6.92 Å². The maximum Gasteiger partial charge on any atom is 0.183 e. The molecule has 3 rings (SSSR count). The van der Waals surface area contributed by atoms with Gasteiger partial charge in [-0.1, -0.05) is 0 Å². The second-order valence-corrected chi connectivity index (χ2v) is 4.98. The summed E-state index contributed by atoms with van der Waals surface area (Å²) in [4.78, 5) is 18.4. The van der Waals surface area contributed by atoms with Crippen LogP contribution in [0.25, 0.3) is 11.2 Å². The Labute approximate surface area is 117 Å². The standard InChI is InChI=1S/C13H20N6O/c1-10-17-11-12(15-9-16-13(11)18-10)14-3-2-4-19-5-7-20-8-6-19/h9H,2-8H2,1H3,(H2,14,15,16,17,18). The van der Waals surface area contributed by atoms with Crippen molar-refractivity contribution in [1.82, 2.24) is 24.8 Å². The summed E-state index contributed by atoms with van der Waals surface area (Å²) < 4.78 is 5.34. The van der Waals surface area contributed by atoms with Crippen LogP contribution in [-0.2, 0) is 4.74 Å². The number of rotatable bonds is 5. The van der Waals surface area contributed by atoms with E-state index >= 15 is 0 Å². The van der Waals surface area contributed by atoms with Gasteiger partial charge in [0.2, 0.25) is 0 Å². The number of hydrogen-bond donors (Lipinski definition) is 2. The molecule has 0 atom stereocenters. The molecule has 1 aliphatic rings. The molecule has 2 N–H and O–H groups in total. The Morgan fingerprint density at radius 3 is 3.05 bits per heavy atom. The van der Waals surface area contributed by atoms with E-state index in [0.29, 0.717) is 5.65 Å². The Kier molecular flexibility index (Phi) is 4.08. The second-order valence-electron chi connectivity index (χ2n) is 4.98. The van der Waals surface area contributed by atoms with Crippen LogP contribution < -0.4 is 5.32 Å². The molecule has 3 heterocycles. The first-order valence-corrected chi connectivity index (χ1v) is 7.04. The van der Waals surface area contributed by atoms with Crippen LogP contribution in [-0.4, -0.2) is 64.2 Å². The summed E-state index contributed by atoms with van der Waals surface area (Å²) in [5.41, 5.74) is 1.60. The molecule has 2 aromatic heterocycles. The number of fused-ring (bicyclic) bond motifs is 1. The Morgan fingerprint density at radius 1 is 1.35 bits per heavy atom. The van der Waals surface area contributed by atoms with Gasteiger partial charge in [0.25, 0.3) is 0 Å². The van der Waals surface area contributed by atoms with E-state index in [-0.39, 0.29) is 0 Å². The van der Waals surface area contributed by atoms with Crippen molar-refractivity contribution >= 4 is 17.0 Å². The number of nitrogens with one attached hydrogen (secondary N) is 2. The van der Waals surface area contributed by atoms with E-state index in [1.54, 1.807) is 6.33 Å². The predicted octanol–water partition coefficient (Wildman–Crippen LogP) is 0.796. The van der Waals surface area contributed by atoms with Gasteiger partial charge in [-0.25, -0.2) is 15.0 Å². The topological polar surface area (TPSA) is 79.0 Å². The Balaban J connectivity index is 1.52. The number of morpholine rings is 1. The lowest BCUT2D eigenvalue weighted by molar-refractivity contribution is 0.0378. The summed E-state index contributed by atoms with van der Waals surface area (Å²) >= 11 is 0. The van der Waals surface area contributed by atoms with Crippen LogP contribution in [0.5, 0.6) is 0 Å². The highest BCUT2D eigenvalue weighted by atomic mass is 16.5. The highest BCUT2D eigenvalue weighted by Crippen LogP contribution is 2.15. The molecule has 1 aliphatic heterocycles. The molecule has 0 unspecified atom stereocenters. The fourth-order valence-electron chi connectivity index (χ4n) is 2.41. The minimum atomic E-state index is 0.716. The number of ether oxygens (including phenoxy) is 1. The highest BCUT2D eigenvalue weighted by Gasteiger charge is 2.10. The van der Waals surface area contributed by atoms with Gasteiger partial charge in [0.1, 0.15) is 17.7 Å². The number of imidazole rings is 1. The molecule has 0 bridgehead atoms. The summed E-state index contributed by atoms with van der Waals surface area (Å²) in [6, 6.07) is 0. The van der Waals surface area contributed by atoms with E-state index in [0.717, 1.165) is 63.0 Å². The minimum Gasteiger partial charge on any atom is -0.379 e. The summed E-state index contributed by atoms with van der Waals surface area (Å²) in [6.45, 7) is 7.69. The zero-order valence-electron chi connectivity index (χ0n) is 11.7. The van der Waals surface area contributed by atoms with Gasteiger partial charge >= 0.3 is 0 Å². The fourth-order valence-corrected chi connectivity index (χ4v) is 2.41. The van der Waals surface area contributed by atoms with Crippen molar-refractivity contribution in [2.45, 2.75) is 13.3 Å². The normalized spacial score (nSPS) is 16.6. The maximum absolute atomic E-state index is 5.34. The number of anilines is 1. The number of aryl methyl sites for hydroxylation is 1. The van der Waals surface area contributed by atoms with E-state index in [1.807, 2.05) is 6.92 Å². The van der Waals surface area contributed by atoms with E-state index in [1.165, 1.54) is 0 Å². The molecule has 0 saturated carbocycles. The zero-order chi connectivity index (χ0) is 13.8. The van der Waals surface area contributed by atoms with Crippen molar-refractivity contribution in [3.63, 3.8) is 0 Å². The van der Waals surface area contributed by atoms with Crippen molar-refractivity contribution < 1.29 is 4.74 Å². The first kappa shape index (κ1) is 13.3. The minimum absolute atomic E-state index is 0.716. The van der Waals surface area contributed by atoms with Gasteiger partial charge in [0.15, 0.2) is 11.5 Å². The Hall–Kier alpha value is -1.73. The molecule has 7 nitrogen and oxygen atoms in total. The van der Waals surface area contributed by atoms with E-state index in [2.05, 4.69) is 30.2 Å². The second kappa shape index (κ2) is 6.15. The zero-order valence-corrected chi connectivity index (χ0v) is 11.7. The van der Waals surface area contributed by atoms with Gasteiger partial charge < -0.3 is 15.0 Å². The first-order chi connectivity index (χ1) is 9.83. The molecule has 0 aromatic carbocycles. The molecular weight excluding hydrogens is 256 g/mol. The van der Waals surface area contributed by atoms with Gasteiger partial charge in [-0.2, -0.15) is 0 Å². The van der Waals surface area contributed by atoms with Gasteiger partial charge in [-0.15, -0.1) is 0 Å². The number of nitrogens with zero attached hydrogens (tertiary/aromatic N) is 4. The van der Waals surface area contributed by atoms with Crippen LogP contribution in [0.15, 0.2) is 6.33 Å². The molecule has 20 heavy (non-hydrogen) atoms. The molecule has 1 fully saturated rings. The molecule has 108 valence electrons. The van der Waals surface area contributed by atoms with E-state index in [4.69, 9.17) is 4.74 Å². The first-order valence-electron chi connectivity index (χ1n) is 7.04. The molecule has 1 saturated heterocycles. The lowest BCUT2D eigenvalue weighted by Gasteiger charge is -2.26. The average Bonchev–Trinajstić information content (AvgIpc) is 2.86. The molecular formula is C13H20N6O. The van der Waals surface area contributed by atoms with Crippen molar-refractivity contribution in [3.8, 4) is 0 Å². The smallest absolute Gasteiger partial charge is 0.183 e. The number of aromatic amines is 1. The number of aromatic nitrogens is 4. The average molecular weight is 276 g/mol. The Morgan fingerprint density at radius 2 is 2.20 bits per heavy atom. The molecule has 0 amide bonds.